The van der Waals surface area contributed by atoms with Crippen LogP contribution in [-0.4, -0.2) is 76.8 Å². The summed E-state index contributed by atoms with van der Waals surface area (Å²) in [7, 11) is 0. The van der Waals surface area contributed by atoms with E-state index in [4.69, 9.17) is 5.73 Å². The number of nitrogens with zero attached hydrogens (tertiary/aromatic N) is 4. The molecule has 0 spiro atoms. The molecule has 4 rings (SSSR count). The first kappa shape index (κ1) is 19.2. The highest BCUT2D eigenvalue weighted by atomic mass is 16.2. The minimum absolute atomic E-state index is 0.0354. The van der Waals surface area contributed by atoms with Crippen LogP contribution in [0, 0.1) is 5.92 Å². The van der Waals surface area contributed by atoms with Crippen molar-refractivity contribution in [1.29, 1.82) is 0 Å². The van der Waals surface area contributed by atoms with Gasteiger partial charge in [-0.15, -0.1) is 0 Å². The highest BCUT2D eigenvalue weighted by Crippen LogP contribution is 2.26. The lowest BCUT2D eigenvalue weighted by Crippen LogP contribution is -2.51. The van der Waals surface area contributed by atoms with E-state index in [-0.39, 0.29) is 11.8 Å². The molecule has 7 nitrogen and oxygen atoms in total. The van der Waals surface area contributed by atoms with E-state index in [0.29, 0.717) is 23.3 Å². The molecule has 0 aliphatic carbocycles. The number of pyridine rings is 1. The lowest BCUT2D eigenvalue weighted by Gasteiger charge is -2.42. The Morgan fingerprint density at radius 2 is 1.71 bits per heavy atom. The van der Waals surface area contributed by atoms with Crippen molar-refractivity contribution in [2.45, 2.75) is 44.6 Å². The predicted octanol–water partition coefficient (Wildman–Crippen LogP) is 1.60. The van der Waals surface area contributed by atoms with Crippen LogP contribution in [0.15, 0.2) is 18.3 Å². The second-order valence-electron chi connectivity index (χ2n) is 8.36. The van der Waals surface area contributed by atoms with Gasteiger partial charge in [0, 0.05) is 50.5 Å². The number of nitrogens with two attached hydrogens (primary N) is 1. The van der Waals surface area contributed by atoms with Crippen molar-refractivity contribution < 1.29 is 9.59 Å². The third kappa shape index (κ3) is 4.14. The Balaban J connectivity index is 1.30. The standard InChI is InChI=1S/C21H31N5O2/c22-19-14-16(5-8-23-19)20(27)25-12-6-18(7-13-25)26-11-3-4-17(15-26)21(28)24-9-1-2-10-24/h5,8,14,17-18H,1-4,6-7,9-13,15H2,(H2,22,23)/t17-/m0/s1. The highest BCUT2D eigenvalue weighted by molar-refractivity contribution is 5.94. The van der Waals surface area contributed by atoms with Crippen LogP contribution in [0.2, 0.25) is 0 Å². The fourth-order valence-electron chi connectivity index (χ4n) is 4.93. The lowest BCUT2D eigenvalue weighted by molar-refractivity contribution is -0.136. The first-order chi connectivity index (χ1) is 13.6. The maximum atomic E-state index is 12.8. The molecule has 2 N–H and O–H groups in total. The van der Waals surface area contributed by atoms with Crippen molar-refractivity contribution in [1.82, 2.24) is 19.7 Å². The molecule has 0 unspecified atom stereocenters. The van der Waals surface area contributed by atoms with Gasteiger partial charge >= 0.3 is 0 Å². The van der Waals surface area contributed by atoms with Gasteiger partial charge in [0.15, 0.2) is 0 Å². The summed E-state index contributed by atoms with van der Waals surface area (Å²) in [5.74, 6) is 0.937. The number of carbonyl (C=O) groups is 2. The molecule has 0 bridgehead atoms. The number of amides is 2. The summed E-state index contributed by atoms with van der Waals surface area (Å²) < 4.78 is 0. The van der Waals surface area contributed by atoms with E-state index >= 15 is 0 Å². The van der Waals surface area contributed by atoms with E-state index in [2.05, 4.69) is 14.8 Å². The number of rotatable bonds is 3. The number of likely N-dealkylation sites (tertiary alicyclic amines) is 3. The van der Waals surface area contributed by atoms with Crippen molar-refractivity contribution in [3.63, 3.8) is 0 Å². The molecule has 28 heavy (non-hydrogen) atoms. The number of carbonyl (C=O) groups excluding carboxylic acids is 2. The van der Waals surface area contributed by atoms with Gasteiger partial charge in [0.25, 0.3) is 5.91 Å². The van der Waals surface area contributed by atoms with E-state index < -0.39 is 0 Å². The number of piperidine rings is 2. The second-order valence-corrected chi connectivity index (χ2v) is 8.36. The molecule has 3 aliphatic heterocycles. The summed E-state index contributed by atoms with van der Waals surface area (Å²) in [5, 5.41) is 0. The van der Waals surface area contributed by atoms with Crippen LogP contribution in [0.1, 0.15) is 48.9 Å². The van der Waals surface area contributed by atoms with Gasteiger partial charge in [-0.25, -0.2) is 4.98 Å². The number of nitrogen functional groups attached to an aromatic ring is 1. The summed E-state index contributed by atoms with van der Waals surface area (Å²) in [6.45, 7) is 5.35. The molecule has 2 amide bonds. The molecule has 0 radical (unpaired) electrons. The van der Waals surface area contributed by atoms with Crippen LogP contribution < -0.4 is 5.73 Å². The van der Waals surface area contributed by atoms with Gasteiger partial charge in [-0.3, -0.25) is 14.5 Å². The van der Waals surface area contributed by atoms with Crippen LogP contribution in [0.5, 0.6) is 0 Å². The molecule has 0 saturated carbocycles. The monoisotopic (exact) mass is 385 g/mol. The minimum atomic E-state index is 0.0354. The molecule has 3 fully saturated rings. The SMILES string of the molecule is Nc1cc(C(=O)N2CCC(N3CCC[C@H](C(=O)N4CCCC4)C3)CC2)ccn1. The van der Waals surface area contributed by atoms with Crippen LogP contribution in [0.25, 0.3) is 0 Å². The molecule has 1 aromatic rings. The third-order valence-corrected chi connectivity index (χ3v) is 6.52. The van der Waals surface area contributed by atoms with Gasteiger partial charge in [-0.1, -0.05) is 0 Å². The van der Waals surface area contributed by atoms with Crippen LogP contribution in [0.4, 0.5) is 5.82 Å². The Bertz CT molecular complexity index is 711. The zero-order valence-corrected chi connectivity index (χ0v) is 16.6. The fraction of sp³-hybridized carbons (Fsp3) is 0.667. The Morgan fingerprint density at radius 3 is 2.43 bits per heavy atom. The van der Waals surface area contributed by atoms with E-state index in [0.717, 1.165) is 77.8 Å². The van der Waals surface area contributed by atoms with Crippen molar-refractivity contribution in [3.8, 4) is 0 Å². The Labute approximate surface area is 166 Å². The van der Waals surface area contributed by atoms with Gasteiger partial charge in [-0.2, -0.15) is 0 Å². The van der Waals surface area contributed by atoms with Gasteiger partial charge in [0.1, 0.15) is 5.82 Å². The molecule has 3 saturated heterocycles. The summed E-state index contributed by atoms with van der Waals surface area (Å²) in [6, 6.07) is 3.85. The fourth-order valence-corrected chi connectivity index (χ4v) is 4.93. The normalized spacial score (nSPS) is 24.5. The largest absolute Gasteiger partial charge is 0.384 e. The zero-order valence-electron chi connectivity index (χ0n) is 16.6. The topological polar surface area (TPSA) is 82.8 Å². The molecular formula is C21H31N5O2. The van der Waals surface area contributed by atoms with Gasteiger partial charge in [-0.05, 0) is 57.2 Å². The van der Waals surface area contributed by atoms with E-state index in [1.54, 1.807) is 18.3 Å². The van der Waals surface area contributed by atoms with Gasteiger partial charge < -0.3 is 15.5 Å². The quantitative estimate of drug-likeness (QED) is 0.855. The van der Waals surface area contributed by atoms with Crippen molar-refractivity contribution in [3.05, 3.63) is 23.9 Å². The molecule has 152 valence electrons. The number of anilines is 1. The molecule has 3 aliphatic rings. The van der Waals surface area contributed by atoms with Gasteiger partial charge in [0.2, 0.25) is 5.91 Å². The van der Waals surface area contributed by atoms with Crippen molar-refractivity contribution in [2.24, 2.45) is 5.92 Å². The van der Waals surface area contributed by atoms with Crippen molar-refractivity contribution in [2.75, 3.05) is 45.0 Å². The van der Waals surface area contributed by atoms with Crippen LogP contribution in [0.3, 0.4) is 0 Å². The number of aromatic nitrogens is 1. The molecule has 7 heteroatoms. The van der Waals surface area contributed by atoms with E-state index in [1.807, 2.05) is 4.90 Å². The lowest BCUT2D eigenvalue weighted by atomic mass is 9.92. The first-order valence-corrected chi connectivity index (χ1v) is 10.7. The second kappa shape index (κ2) is 8.47. The highest BCUT2D eigenvalue weighted by Gasteiger charge is 2.34. The van der Waals surface area contributed by atoms with E-state index in [9.17, 15) is 9.59 Å². The van der Waals surface area contributed by atoms with Crippen LogP contribution >= 0.6 is 0 Å². The van der Waals surface area contributed by atoms with E-state index in [1.165, 1.54) is 0 Å². The summed E-state index contributed by atoms with van der Waals surface area (Å²) >= 11 is 0. The Morgan fingerprint density at radius 1 is 0.964 bits per heavy atom. The maximum Gasteiger partial charge on any atom is 0.254 e. The number of hydrogen-bond donors (Lipinski definition) is 1. The maximum absolute atomic E-state index is 12.8. The van der Waals surface area contributed by atoms with Gasteiger partial charge in [0.05, 0.1) is 5.92 Å². The predicted molar refractivity (Wildman–Crippen MR) is 108 cm³/mol. The minimum Gasteiger partial charge on any atom is -0.384 e. The number of hydrogen-bond acceptors (Lipinski definition) is 5. The Hall–Kier alpha value is -2.15. The average molecular weight is 386 g/mol. The third-order valence-electron chi connectivity index (χ3n) is 6.52. The Kier molecular flexibility index (Phi) is 5.80. The summed E-state index contributed by atoms with van der Waals surface area (Å²) in [4.78, 5) is 35.9. The van der Waals surface area contributed by atoms with Crippen molar-refractivity contribution >= 4 is 17.6 Å². The molecular weight excluding hydrogens is 354 g/mol. The molecule has 1 aromatic heterocycles. The molecule has 1 atom stereocenters. The summed E-state index contributed by atoms with van der Waals surface area (Å²) in [6.07, 6.45) is 7.94. The first-order valence-electron chi connectivity index (χ1n) is 10.7. The molecule has 0 aromatic carbocycles. The zero-order chi connectivity index (χ0) is 19.5. The average Bonchev–Trinajstić information content (AvgIpc) is 3.28. The smallest absolute Gasteiger partial charge is 0.254 e. The summed E-state index contributed by atoms with van der Waals surface area (Å²) in [5.41, 5.74) is 6.32. The van der Waals surface area contributed by atoms with Crippen LogP contribution in [-0.2, 0) is 4.79 Å². The molecule has 4 heterocycles.